The average molecular weight is 331 g/mol. The Labute approximate surface area is 135 Å². The summed E-state index contributed by atoms with van der Waals surface area (Å²) < 4.78 is 0. The van der Waals surface area contributed by atoms with Gasteiger partial charge in [-0.15, -0.1) is 0 Å². The number of hydrogen-bond acceptors (Lipinski definition) is 3. The summed E-state index contributed by atoms with van der Waals surface area (Å²) in [5.41, 5.74) is 0.530. The van der Waals surface area contributed by atoms with Crippen LogP contribution >= 0.6 is 23.2 Å². The van der Waals surface area contributed by atoms with Gasteiger partial charge in [0.05, 0.1) is 17.3 Å². The van der Waals surface area contributed by atoms with Crippen LogP contribution in [0.5, 0.6) is 0 Å². The number of benzene rings is 1. The van der Waals surface area contributed by atoms with Crippen LogP contribution in [0.4, 0.5) is 5.69 Å². The Balaban J connectivity index is 1.86. The van der Waals surface area contributed by atoms with Crippen LogP contribution in [0.3, 0.4) is 0 Å². The summed E-state index contributed by atoms with van der Waals surface area (Å²) in [6.45, 7) is 3.84. The van der Waals surface area contributed by atoms with Gasteiger partial charge >= 0.3 is 0 Å². The summed E-state index contributed by atoms with van der Waals surface area (Å²) in [7, 11) is 0. The van der Waals surface area contributed by atoms with Crippen LogP contribution in [0.25, 0.3) is 0 Å². The molecule has 0 bridgehead atoms. The second-order valence-corrected chi connectivity index (χ2v) is 6.32. The summed E-state index contributed by atoms with van der Waals surface area (Å²) >= 11 is 11.9. The van der Waals surface area contributed by atoms with Crippen molar-refractivity contribution in [1.29, 1.82) is 0 Å². The standard InChI is InChI=1S/C15H20Cl2N2O2/c1-10-4-6-19(14(10)9-20)7-5-15(21)18-13-8-11(16)2-3-12(13)17/h2-3,8,10,14,20H,4-7,9H2,1H3,(H,18,21). The van der Waals surface area contributed by atoms with E-state index in [4.69, 9.17) is 23.2 Å². The molecule has 0 radical (unpaired) electrons. The van der Waals surface area contributed by atoms with Crippen LogP contribution < -0.4 is 5.32 Å². The maximum Gasteiger partial charge on any atom is 0.225 e. The summed E-state index contributed by atoms with van der Waals surface area (Å²) in [5, 5.41) is 13.2. The molecule has 4 nitrogen and oxygen atoms in total. The molecule has 116 valence electrons. The summed E-state index contributed by atoms with van der Waals surface area (Å²) in [6, 6.07) is 5.13. The summed E-state index contributed by atoms with van der Waals surface area (Å²) in [5.74, 6) is 0.371. The molecule has 0 aromatic heterocycles. The van der Waals surface area contributed by atoms with E-state index in [-0.39, 0.29) is 18.6 Å². The zero-order valence-corrected chi connectivity index (χ0v) is 13.5. The molecule has 1 aliphatic heterocycles. The van der Waals surface area contributed by atoms with E-state index in [0.29, 0.717) is 34.6 Å². The maximum absolute atomic E-state index is 12.0. The predicted molar refractivity (Wildman–Crippen MR) is 85.9 cm³/mol. The maximum atomic E-state index is 12.0. The number of nitrogens with one attached hydrogen (secondary N) is 1. The third kappa shape index (κ3) is 4.33. The van der Waals surface area contributed by atoms with Crippen molar-refractivity contribution in [3.8, 4) is 0 Å². The molecule has 1 aromatic carbocycles. The van der Waals surface area contributed by atoms with E-state index in [2.05, 4.69) is 17.1 Å². The van der Waals surface area contributed by atoms with Crippen LogP contribution in [0.2, 0.25) is 10.0 Å². The number of rotatable bonds is 5. The number of nitrogens with zero attached hydrogens (tertiary/aromatic N) is 1. The molecular formula is C15H20Cl2N2O2. The van der Waals surface area contributed by atoms with Crippen LogP contribution in [-0.4, -0.2) is 41.7 Å². The highest BCUT2D eigenvalue weighted by molar-refractivity contribution is 6.35. The molecular weight excluding hydrogens is 311 g/mol. The van der Waals surface area contributed by atoms with Gasteiger partial charge in [-0.2, -0.15) is 0 Å². The quantitative estimate of drug-likeness (QED) is 0.872. The van der Waals surface area contributed by atoms with E-state index >= 15 is 0 Å². The number of amides is 1. The van der Waals surface area contributed by atoms with Crippen molar-refractivity contribution in [2.45, 2.75) is 25.8 Å². The first-order valence-electron chi connectivity index (χ1n) is 7.11. The first-order chi connectivity index (χ1) is 10.0. The van der Waals surface area contributed by atoms with Gasteiger partial charge in [0, 0.05) is 24.0 Å². The normalized spacial score (nSPS) is 22.5. The molecule has 1 aliphatic rings. The van der Waals surface area contributed by atoms with Gasteiger partial charge in [-0.3, -0.25) is 9.69 Å². The third-order valence-corrected chi connectivity index (χ3v) is 4.58. The van der Waals surface area contributed by atoms with Gasteiger partial charge in [-0.25, -0.2) is 0 Å². The fraction of sp³-hybridized carbons (Fsp3) is 0.533. The Hall–Kier alpha value is -0.810. The number of aliphatic hydroxyl groups excluding tert-OH is 1. The van der Waals surface area contributed by atoms with Gasteiger partial charge in [0.1, 0.15) is 0 Å². The highest BCUT2D eigenvalue weighted by atomic mass is 35.5. The zero-order valence-electron chi connectivity index (χ0n) is 12.0. The van der Waals surface area contributed by atoms with Crippen molar-refractivity contribution in [3.05, 3.63) is 28.2 Å². The van der Waals surface area contributed by atoms with E-state index in [0.717, 1.165) is 13.0 Å². The van der Waals surface area contributed by atoms with Crippen LogP contribution in [0, 0.1) is 5.92 Å². The minimum absolute atomic E-state index is 0.101. The van der Waals surface area contributed by atoms with E-state index in [1.54, 1.807) is 18.2 Å². The lowest BCUT2D eigenvalue weighted by Gasteiger charge is -2.24. The summed E-state index contributed by atoms with van der Waals surface area (Å²) in [4.78, 5) is 14.2. The number of hydrogen-bond donors (Lipinski definition) is 2. The SMILES string of the molecule is CC1CCN(CCC(=O)Nc2cc(Cl)ccc2Cl)C1CO. The number of carbonyl (C=O) groups excluding carboxylic acids is 1. The minimum Gasteiger partial charge on any atom is -0.395 e. The molecule has 2 atom stereocenters. The van der Waals surface area contributed by atoms with Crippen molar-refractivity contribution >= 4 is 34.8 Å². The lowest BCUT2D eigenvalue weighted by atomic mass is 10.0. The van der Waals surface area contributed by atoms with Crippen molar-refractivity contribution in [3.63, 3.8) is 0 Å². The van der Waals surface area contributed by atoms with Gasteiger partial charge in [-0.05, 0) is 37.1 Å². The number of halogens is 2. The Morgan fingerprint density at radius 3 is 2.95 bits per heavy atom. The number of anilines is 1. The van der Waals surface area contributed by atoms with Gasteiger partial charge < -0.3 is 10.4 Å². The first-order valence-corrected chi connectivity index (χ1v) is 7.86. The molecule has 1 heterocycles. The van der Waals surface area contributed by atoms with Crippen LogP contribution in [-0.2, 0) is 4.79 Å². The van der Waals surface area contributed by atoms with E-state index in [9.17, 15) is 9.90 Å². The van der Waals surface area contributed by atoms with Gasteiger partial charge in [-0.1, -0.05) is 30.1 Å². The zero-order chi connectivity index (χ0) is 15.4. The van der Waals surface area contributed by atoms with E-state index in [1.807, 2.05) is 0 Å². The molecule has 0 aliphatic carbocycles. The second-order valence-electron chi connectivity index (χ2n) is 5.47. The number of carbonyl (C=O) groups is 1. The minimum atomic E-state index is -0.101. The van der Waals surface area contributed by atoms with Crippen molar-refractivity contribution in [2.75, 3.05) is 25.0 Å². The molecule has 0 saturated carbocycles. The number of likely N-dealkylation sites (tertiary alicyclic amines) is 1. The first kappa shape index (κ1) is 16.6. The Bertz CT molecular complexity index is 510. The lowest BCUT2D eigenvalue weighted by molar-refractivity contribution is -0.116. The fourth-order valence-electron chi connectivity index (χ4n) is 2.71. The molecule has 1 aromatic rings. The highest BCUT2D eigenvalue weighted by Gasteiger charge is 2.30. The van der Waals surface area contributed by atoms with Crippen molar-refractivity contribution < 1.29 is 9.90 Å². The molecule has 2 N–H and O–H groups in total. The van der Waals surface area contributed by atoms with E-state index in [1.165, 1.54) is 0 Å². The molecule has 1 amide bonds. The fourth-order valence-corrected chi connectivity index (χ4v) is 3.05. The monoisotopic (exact) mass is 330 g/mol. The highest BCUT2D eigenvalue weighted by Crippen LogP contribution is 2.26. The molecule has 1 saturated heterocycles. The Morgan fingerprint density at radius 1 is 1.48 bits per heavy atom. The predicted octanol–water partition coefficient (Wildman–Crippen LogP) is 3.02. The smallest absolute Gasteiger partial charge is 0.225 e. The van der Waals surface area contributed by atoms with Gasteiger partial charge in [0.2, 0.25) is 5.91 Å². The second kappa shape index (κ2) is 7.45. The molecule has 1 fully saturated rings. The molecule has 2 unspecified atom stereocenters. The lowest BCUT2D eigenvalue weighted by Crippen LogP contribution is -2.37. The van der Waals surface area contributed by atoms with Crippen molar-refractivity contribution in [1.82, 2.24) is 4.90 Å². The Morgan fingerprint density at radius 2 is 2.24 bits per heavy atom. The average Bonchev–Trinajstić information content (AvgIpc) is 2.81. The van der Waals surface area contributed by atoms with Gasteiger partial charge in [0.15, 0.2) is 0 Å². The molecule has 0 spiro atoms. The largest absolute Gasteiger partial charge is 0.395 e. The third-order valence-electron chi connectivity index (χ3n) is 4.01. The Kier molecular flexibility index (Phi) is 5.88. The van der Waals surface area contributed by atoms with Gasteiger partial charge in [0.25, 0.3) is 0 Å². The van der Waals surface area contributed by atoms with Crippen LogP contribution in [0.1, 0.15) is 19.8 Å². The topological polar surface area (TPSA) is 52.6 Å². The van der Waals surface area contributed by atoms with E-state index < -0.39 is 0 Å². The van der Waals surface area contributed by atoms with Crippen molar-refractivity contribution in [2.24, 2.45) is 5.92 Å². The summed E-state index contributed by atoms with van der Waals surface area (Å²) in [6.07, 6.45) is 1.43. The number of aliphatic hydroxyl groups is 1. The molecule has 21 heavy (non-hydrogen) atoms. The molecule has 6 heteroatoms. The molecule has 2 rings (SSSR count). The van der Waals surface area contributed by atoms with Crippen LogP contribution in [0.15, 0.2) is 18.2 Å².